The quantitative estimate of drug-likeness (QED) is 0.718. The van der Waals surface area contributed by atoms with Crippen molar-refractivity contribution in [2.45, 2.75) is 26.7 Å². The van der Waals surface area contributed by atoms with Crippen molar-refractivity contribution in [3.63, 3.8) is 0 Å². The summed E-state index contributed by atoms with van der Waals surface area (Å²) in [4.78, 5) is 0. The van der Waals surface area contributed by atoms with Crippen LogP contribution < -0.4 is 0 Å². The van der Waals surface area contributed by atoms with Gasteiger partial charge in [0.15, 0.2) is 0 Å². The van der Waals surface area contributed by atoms with E-state index in [1.165, 1.54) is 0 Å². The van der Waals surface area contributed by atoms with Gasteiger partial charge in [0.1, 0.15) is 0 Å². The Hall–Kier alpha value is -0.780. The Morgan fingerprint density at radius 1 is 1.50 bits per heavy atom. The van der Waals surface area contributed by atoms with E-state index >= 15 is 0 Å². The number of hydrogen-bond acceptors (Lipinski definition) is 1. The van der Waals surface area contributed by atoms with Crippen molar-refractivity contribution in [2.24, 2.45) is 0 Å². The van der Waals surface area contributed by atoms with Gasteiger partial charge in [0.05, 0.1) is 11.1 Å². The van der Waals surface area contributed by atoms with Gasteiger partial charge in [-0.25, -0.2) is 0 Å². The molecule has 0 saturated carbocycles. The molecule has 1 rings (SSSR count). The maximum Gasteiger partial charge on any atom is 0.0962 e. The molecule has 0 N–H and O–H groups in total. The minimum absolute atomic E-state index is 0.572. The van der Waals surface area contributed by atoms with E-state index in [4.69, 9.17) is 16.9 Å². The zero-order valence-corrected chi connectivity index (χ0v) is 11.7. The number of rotatable bonds is 3. The van der Waals surface area contributed by atoms with Crippen LogP contribution in [0.25, 0.3) is 5.03 Å². The average molecular weight is 299 g/mol. The summed E-state index contributed by atoms with van der Waals surface area (Å²) in [5.74, 6) is 0. The van der Waals surface area contributed by atoms with Crippen molar-refractivity contribution in [1.29, 1.82) is 5.26 Å². The summed E-state index contributed by atoms with van der Waals surface area (Å²) < 4.78 is 1.01. The third-order valence-electron chi connectivity index (χ3n) is 2.40. The van der Waals surface area contributed by atoms with Gasteiger partial charge in [-0.05, 0) is 30.5 Å². The van der Waals surface area contributed by atoms with Gasteiger partial charge >= 0.3 is 0 Å². The third kappa shape index (κ3) is 2.87. The highest BCUT2D eigenvalue weighted by molar-refractivity contribution is 9.10. The maximum absolute atomic E-state index is 9.05. The van der Waals surface area contributed by atoms with E-state index in [2.05, 4.69) is 22.0 Å². The highest BCUT2D eigenvalue weighted by atomic mass is 79.9. The minimum Gasteiger partial charge on any atom is -0.193 e. The highest BCUT2D eigenvalue weighted by Gasteiger charge is 2.10. The summed E-state index contributed by atoms with van der Waals surface area (Å²) in [6.45, 7) is 4.03. The Bertz CT molecular complexity index is 457. The van der Waals surface area contributed by atoms with Crippen LogP contribution >= 0.6 is 27.5 Å². The van der Waals surface area contributed by atoms with E-state index in [0.29, 0.717) is 10.6 Å². The fourth-order valence-corrected chi connectivity index (χ4v) is 2.18. The zero-order valence-electron chi connectivity index (χ0n) is 9.35. The van der Waals surface area contributed by atoms with Crippen molar-refractivity contribution in [3.8, 4) is 6.07 Å². The Labute approximate surface area is 110 Å². The fourth-order valence-electron chi connectivity index (χ4n) is 1.47. The second-order valence-corrected chi connectivity index (χ2v) is 4.80. The Morgan fingerprint density at radius 2 is 2.19 bits per heavy atom. The average Bonchev–Trinajstić information content (AvgIpc) is 2.29. The summed E-state index contributed by atoms with van der Waals surface area (Å²) in [5, 5.41) is 9.62. The lowest BCUT2D eigenvalue weighted by atomic mass is 10.0. The molecule has 16 heavy (non-hydrogen) atoms. The Kier molecular flexibility index (Phi) is 5.05. The van der Waals surface area contributed by atoms with Gasteiger partial charge < -0.3 is 0 Å². The van der Waals surface area contributed by atoms with Crippen LogP contribution in [0.4, 0.5) is 0 Å². The number of nitrogens with zero attached hydrogens (tertiary/aromatic N) is 1. The lowest BCUT2D eigenvalue weighted by Crippen LogP contribution is -1.89. The van der Waals surface area contributed by atoms with Gasteiger partial charge in [-0.3, -0.25) is 0 Å². The maximum atomic E-state index is 9.05. The molecule has 1 aromatic carbocycles. The molecule has 0 spiro atoms. The fraction of sp³-hybridized carbons (Fsp3) is 0.308. The topological polar surface area (TPSA) is 23.8 Å². The summed E-state index contributed by atoms with van der Waals surface area (Å²) in [7, 11) is 0. The predicted molar refractivity (Wildman–Crippen MR) is 72.2 cm³/mol. The third-order valence-corrected chi connectivity index (χ3v) is 3.69. The first-order valence-corrected chi connectivity index (χ1v) is 6.33. The van der Waals surface area contributed by atoms with E-state index in [1.807, 2.05) is 32.0 Å². The molecule has 0 atom stereocenters. The van der Waals surface area contributed by atoms with Gasteiger partial charge in [-0.2, -0.15) is 5.26 Å². The smallest absolute Gasteiger partial charge is 0.0962 e. The van der Waals surface area contributed by atoms with E-state index in [9.17, 15) is 0 Å². The molecule has 0 aliphatic rings. The molecule has 0 unspecified atom stereocenters. The number of halogens is 2. The first-order valence-electron chi connectivity index (χ1n) is 5.16. The standard InChI is InChI=1S/C13H13BrClN/c1-3-5-10(8-16)13(15)11-6-4-7-12(14)9(11)2/h4,6-7H,3,5H2,1-2H3. The highest BCUT2D eigenvalue weighted by Crippen LogP contribution is 2.31. The van der Waals surface area contributed by atoms with Crippen LogP contribution in [-0.2, 0) is 0 Å². The van der Waals surface area contributed by atoms with Gasteiger partial charge in [0.2, 0.25) is 0 Å². The van der Waals surface area contributed by atoms with E-state index in [-0.39, 0.29) is 0 Å². The van der Waals surface area contributed by atoms with E-state index < -0.39 is 0 Å². The summed E-state index contributed by atoms with van der Waals surface area (Å²) in [6, 6.07) is 8.01. The van der Waals surface area contributed by atoms with Crippen LogP contribution in [0.15, 0.2) is 28.2 Å². The largest absolute Gasteiger partial charge is 0.193 e. The number of hydrogen-bond donors (Lipinski definition) is 0. The lowest BCUT2D eigenvalue weighted by molar-refractivity contribution is 0.933. The molecule has 0 heterocycles. The summed E-state index contributed by atoms with van der Waals surface area (Å²) >= 11 is 9.72. The molecule has 0 aliphatic carbocycles. The van der Waals surface area contributed by atoms with Crippen molar-refractivity contribution >= 4 is 32.6 Å². The van der Waals surface area contributed by atoms with Crippen molar-refractivity contribution < 1.29 is 0 Å². The predicted octanol–water partition coefficient (Wildman–Crippen LogP) is 5.03. The number of benzene rings is 1. The first kappa shape index (κ1) is 13.3. The molecule has 3 heteroatoms. The van der Waals surface area contributed by atoms with Crippen LogP contribution in [0.5, 0.6) is 0 Å². The van der Waals surface area contributed by atoms with Gasteiger partial charge in [-0.15, -0.1) is 0 Å². The van der Waals surface area contributed by atoms with Crippen LogP contribution in [0.2, 0.25) is 0 Å². The molecule has 0 saturated heterocycles. The molecular formula is C13H13BrClN. The van der Waals surface area contributed by atoms with Crippen molar-refractivity contribution in [3.05, 3.63) is 39.4 Å². The molecule has 84 valence electrons. The monoisotopic (exact) mass is 297 g/mol. The normalized spacial score (nSPS) is 11.9. The second kappa shape index (κ2) is 6.08. The van der Waals surface area contributed by atoms with Gasteiger partial charge in [0, 0.05) is 10.0 Å². The Balaban J connectivity index is 3.28. The van der Waals surface area contributed by atoms with E-state index in [0.717, 1.165) is 28.4 Å². The molecular weight excluding hydrogens is 286 g/mol. The summed E-state index contributed by atoms with van der Waals surface area (Å²) in [5.41, 5.74) is 2.66. The molecule has 1 aromatic rings. The molecule has 0 fully saturated rings. The van der Waals surface area contributed by atoms with Gasteiger partial charge in [-0.1, -0.05) is 53.0 Å². The summed E-state index contributed by atoms with van der Waals surface area (Å²) in [6.07, 6.45) is 1.65. The number of allylic oxidation sites excluding steroid dienone is 1. The molecule has 1 nitrogen and oxygen atoms in total. The lowest BCUT2D eigenvalue weighted by Gasteiger charge is -2.08. The van der Waals surface area contributed by atoms with Crippen LogP contribution in [-0.4, -0.2) is 0 Å². The van der Waals surface area contributed by atoms with Crippen LogP contribution in [0.1, 0.15) is 30.9 Å². The minimum atomic E-state index is 0.572. The first-order chi connectivity index (χ1) is 7.61. The van der Waals surface area contributed by atoms with Crippen molar-refractivity contribution in [2.75, 3.05) is 0 Å². The van der Waals surface area contributed by atoms with E-state index in [1.54, 1.807) is 0 Å². The molecule has 0 amide bonds. The zero-order chi connectivity index (χ0) is 12.1. The second-order valence-electron chi connectivity index (χ2n) is 3.57. The number of nitriles is 1. The van der Waals surface area contributed by atoms with Crippen LogP contribution in [0.3, 0.4) is 0 Å². The van der Waals surface area contributed by atoms with Gasteiger partial charge in [0.25, 0.3) is 0 Å². The molecule has 0 aromatic heterocycles. The van der Waals surface area contributed by atoms with Crippen molar-refractivity contribution in [1.82, 2.24) is 0 Å². The molecule has 0 aliphatic heterocycles. The SMILES string of the molecule is CCCC(C#N)=C(Cl)c1cccc(Br)c1C. The van der Waals surface area contributed by atoms with Crippen LogP contribution in [0, 0.1) is 18.3 Å². The molecule has 0 radical (unpaired) electrons. The Morgan fingerprint density at radius 3 is 2.75 bits per heavy atom. The molecule has 0 bridgehead atoms.